The number of carboxylic acid groups (broad SMARTS) is 1. The van der Waals surface area contributed by atoms with Crippen molar-refractivity contribution in [3.05, 3.63) is 0 Å². The lowest BCUT2D eigenvalue weighted by Gasteiger charge is -2.22. The van der Waals surface area contributed by atoms with E-state index in [1.165, 1.54) is 0 Å². The summed E-state index contributed by atoms with van der Waals surface area (Å²) in [5.74, 6) is -2.44. The van der Waals surface area contributed by atoms with Crippen LogP contribution < -0.4 is 27.4 Å². The van der Waals surface area contributed by atoms with Gasteiger partial charge in [0.2, 0.25) is 11.8 Å². The molecule has 8 N–H and O–H groups in total. The fraction of sp³-hybridized carbons (Fsp3) is 0.692. The molecule has 4 amide bonds. The Labute approximate surface area is 134 Å². The Morgan fingerprint density at radius 3 is 2.17 bits per heavy atom. The van der Waals surface area contributed by atoms with E-state index >= 15 is 0 Å². The molecule has 132 valence electrons. The van der Waals surface area contributed by atoms with Gasteiger partial charge in [-0.15, -0.1) is 0 Å². The van der Waals surface area contributed by atoms with Crippen LogP contribution in [0.1, 0.15) is 26.7 Å². The van der Waals surface area contributed by atoms with E-state index in [0.717, 1.165) is 0 Å². The lowest BCUT2D eigenvalue weighted by atomic mass is 10.0. The standard InChI is InChI=1S/C13H25N5O5/c1-7(2)10(14)12(22)18-8(4-3-5-16-13(15)23)11(21)17-6-9(19)20/h7-8,10H,3-6,14H2,1-2H3,(H,17,21)(H,18,22)(H,19,20)(H3,15,16,23)/t8-,10-/m0/s1. The second kappa shape index (κ2) is 10.4. The van der Waals surface area contributed by atoms with Crippen LogP contribution in [0.25, 0.3) is 0 Å². The van der Waals surface area contributed by atoms with Gasteiger partial charge in [0.05, 0.1) is 6.04 Å². The third-order valence-corrected chi connectivity index (χ3v) is 3.04. The Morgan fingerprint density at radius 2 is 1.70 bits per heavy atom. The molecule has 10 heteroatoms. The van der Waals surface area contributed by atoms with Crippen LogP contribution in [0, 0.1) is 5.92 Å². The molecule has 0 saturated carbocycles. The summed E-state index contributed by atoms with van der Waals surface area (Å²) in [6.45, 7) is 3.20. The molecule has 0 bridgehead atoms. The molecule has 10 nitrogen and oxygen atoms in total. The highest BCUT2D eigenvalue weighted by Crippen LogP contribution is 2.02. The van der Waals surface area contributed by atoms with E-state index in [2.05, 4.69) is 16.0 Å². The highest BCUT2D eigenvalue weighted by atomic mass is 16.4. The number of nitrogens with two attached hydrogens (primary N) is 2. The lowest BCUT2D eigenvalue weighted by Crippen LogP contribution is -2.53. The predicted molar refractivity (Wildman–Crippen MR) is 82.2 cm³/mol. The SMILES string of the molecule is CC(C)[C@H](N)C(=O)N[C@@H](CCCNC(N)=O)C(=O)NCC(=O)O. The summed E-state index contributed by atoms with van der Waals surface area (Å²) < 4.78 is 0. The normalized spacial score (nSPS) is 13.0. The molecule has 0 rings (SSSR count). The van der Waals surface area contributed by atoms with E-state index in [0.29, 0.717) is 6.42 Å². The average Bonchev–Trinajstić information content (AvgIpc) is 2.46. The van der Waals surface area contributed by atoms with Crippen molar-refractivity contribution in [2.24, 2.45) is 17.4 Å². The zero-order valence-corrected chi connectivity index (χ0v) is 13.3. The molecular formula is C13H25N5O5. The van der Waals surface area contributed by atoms with Crippen LogP contribution in [-0.4, -0.2) is 54.1 Å². The van der Waals surface area contributed by atoms with Gasteiger partial charge in [-0.05, 0) is 18.8 Å². The fourth-order valence-corrected chi connectivity index (χ4v) is 1.64. The Bertz CT molecular complexity index is 440. The van der Waals surface area contributed by atoms with Gasteiger partial charge in [0.25, 0.3) is 0 Å². The number of urea groups is 1. The quantitative estimate of drug-likeness (QED) is 0.255. The summed E-state index contributed by atoms with van der Waals surface area (Å²) in [7, 11) is 0. The third-order valence-electron chi connectivity index (χ3n) is 3.04. The van der Waals surface area contributed by atoms with Gasteiger partial charge in [0.1, 0.15) is 12.6 Å². The number of carbonyl (C=O) groups is 4. The minimum absolute atomic E-state index is 0.116. The van der Waals surface area contributed by atoms with Gasteiger partial charge < -0.3 is 32.5 Å². The molecule has 0 aromatic carbocycles. The largest absolute Gasteiger partial charge is 0.480 e. The van der Waals surface area contributed by atoms with Gasteiger partial charge in [-0.3, -0.25) is 14.4 Å². The number of hydrogen-bond donors (Lipinski definition) is 6. The lowest BCUT2D eigenvalue weighted by molar-refractivity contribution is -0.138. The van der Waals surface area contributed by atoms with Gasteiger partial charge in [0, 0.05) is 6.54 Å². The Balaban J connectivity index is 4.64. The molecule has 0 aliphatic heterocycles. The number of hydrogen-bond acceptors (Lipinski definition) is 5. The predicted octanol–water partition coefficient (Wildman–Crippen LogP) is -1.90. The van der Waals surface area contributed by atoms with Gasteiger partial charge in [-0.25, -0.2) is 4.79 Å². The zero-order chi connectivity index (χ0) is 18.0. The number of aliphatic carboxylic acids is 1. The molecule has 0 heterocycles. The van der Waals surface area contributed by atoms with Crippen LogP contribution in [0.2, 0.25) is 0 Å². The second-order valence-corrected chi connectivity index (χ2v) is 5.38. The fourth-order valence-electron chi connectivity index (χ4n) is 1.64. The maximum Gasteiger partial charge on any atom is 0.322 e. The summed E-state index contributed by atoms with van der Waals surface area (Å²) in [6.07, 6.45) is 0.563. The maximum atomic E-state index is 12.0. The Kier molecular flexibility index (Phi) is 9.31. The van der Waals surface area contributed by atoms with Crippen molar-refractivity contribution in [3.8, 4) is 0 Å². The van der Waals surface area contributed by atoms with Crippen LogP contribution in [0.3, 0.4) is 0 Å². The molecule has 2 atom stereocenters. The van der Waals surface area contributed by atoms with Crippen LogP contribution in [-0.2, 0) is 14.4 Å². The molecule has 0 aromatic rings. The van der Waals surface area contributed by atoms with Gasteiger partial charge in [0.15, 0.2) is 0 Å². The molecule has 23 heavy (non-hydrogen) atoms. The number of rotatable bonds is 10. The zero-order valence-electron chi connectivity index (χ0n) is 13.3. The van der Waals surface area contributed by atoms with Crippen LogP contribution >= 0.6 is 0 Å². The van der Waals surface area contributed by atoms with E-state index in [1.54, 1.807) is 13.8 Å². The van der Waals surface area contributed by atoms with Crippen molar-refractivity contribution >= 4 is 23.8 Å². The number of primary amides is 1. The van der Waals surface area contributed by atoms with Crippen LogP contribution in [0.15, 0.2) is 0 Å². The van der Waals surface area contributed by atoms with E-state index in [-0.39, 0.29) is 18.9 Å². The first kappa shape index (κ1) is 20.6. The summed E-state index contributed by atoms with van der Waals surface area (Å²) in [4.78, 5) is 45.0. The molecule has 0 aromatic heterocycles. The summed E-state index contributed by atoms with van der Waals surface area (Å²) in [5, 5.41) is 15.6. The number of amides is 4. The van der Waals surface area contributed by atoms with Crippen molar-refractivity contribution in [1.29, 1.82) is 0 Å². The summed E-state index contributed by atoms with van der Waals surface area (Å²) in [5.41, 5.74) is 10.6. The third kappa shape index (κ3) is 9.30. The van der Waals surface area contributed by atoms with E-state index in [4.69, 9.17) is 16.6 Å². The van der Waals surface area contributed by atoms with Crippen LogP contribution in [0.4, 0.5) is 4.79 Å². The van der Waals surface area contributed by atoms with Crippen molar-refractivity contribution in [2.45, 2.75) is 38.8 Å². The van der Waals surface area contributed by atoms with Crippen molar-refractivity contribution in [2.75, 3.05) is 13.1 Å². The van der Waals surface area contributed by atoms with E-state index in [1.807, 2.05) is 0 Å². The molecule has 0 unspecified atom stereocenters. The summed E-state index contributed by atoms with van der Waals surface area (Å²) >= 11 is 0. The monoisotopic (exact) mass is 331 g/mol. The number of carboxylic acids is 1. The first-order chi connectivity index (χ1) is 10.6. The second-order valence-electron chi connectivity index (χ2n) is 5.38. The molecule has 0 aliphatic rings. The van der Waals surface area contributed by atoms with Crippen molar-refractivity contribution in [1.82, 2.24) is 16.0 Å². The minimum Gasteiger partial charge on any atom is -0.480 e. The van der Waals surface area contributed by atoms with E-state index in [9.17, 15) is 19.2 Å². The van der Waals surface area contributed by atoms with Gasteiger partial charge in [-0.1, -0.05) is 13.8 Å². The Hall–Kier alpha value is -2.36. The summed E-state index contributed by atoms with van der Waals surface area (Å²) in [6, 6.07) is -2.42. The molecular weight excluding hydrogens is 306 g/mol. The maximum absolute atomic E-state index is 12.0. The highest BCUT2D eigenvalue weighted by Gasteiger charge is 2.25. The molecule has 0 fully saturated rings. The molecule has 0 spiro atoms. The van der Waals surface area contributed by atoms with Crippen LogP contribution in [0.5, 0.6) is 0 Å². The average molecular weight is 331 g/mol. The highest BCUT2D eigenvalue weighted by molar-refractivity contribution is 5.91. The van der Waals surface area contributed by atoms with Crippen molar-refractivity contribution in [3.63, 3.8) is 0 Å². The number of nitrogens with one attached hydrogen (secondary N) is 3. The number of carbonyl (C=O) groups excluding carboxylic acids is 3. The first-order valence-electron chi connectivity index (χ1n) is 7.24. The van der Waals surface area contributed by atoms with Gasteiger partial charge in [-0.2, -0.15) is 0 Å². The van der Waals surface area contributed by atoms with Crippen molar-refractivity contribution < 1.29 is 24.3 Å². The molecule has 0 aliphatic carbocycles. The molecule has 0 saturated heterocycles. The smallest absolute Gasteiger partial charge is 0.322 e. The van der Waals surface area contributed by atoms with E-state index < -0.39 is 42.4 Å². The molecule has 0 radical (unpaired) electrons. The topological polar surface area (TPSA) is 177 Å². The Morgan fingerprint density at radius 1 is 1.09 bits per heavy atom. The first-order valence-corrected chi connectivity index (χ1v) is 7.24. The minimum atomic E-state index is -1.20. The van der Waals surface area contributed by atoms with Gasteiger partial charge >= 0.3 is 12.0 Å².